The Morgan fingerprint density at radius 1 is 0.600 bits per heavy atom. The average molecular weight is 243 g/mol. The summed E-state index contributed by atoms with van der Waals surface area (Å²) in [5.74, 6) is -9.29. The molecule has 1 aromatic rings. The second-order valence-electron chi connectivity index (χ2n) is 3.93. The molecule has 0 aromatic heterocycles. The molecule has 0 bridgehead atoms. The van der Waals surface area contributed by atoms with Gasteiger partial charge in [0.2, 0.25) is 29.1 Å². The molecule has 0 saturated heterocycles. The molecule has 0 aliphatic carbocycles. The topological polar surface area (TPSA) is 0 Å². The monoisotopic (exact) mass is 243 g/mol. The first-order chi connectivity index (χ1) is 6.68. The number of benzene rings is 1. The third-order valence-electron chi connectivity index (χ3n) is 1.86. The van der Waals surface area contributed by atoms with Crippen molar-refractivity contribution in [3.8, 4) is 0 Å². The van der Waals surface area contributed by atoms with Crippen molar-refractivity contribution in [2.75, 3.05) is 20.0 Å². The fraction of sp³-hybridized carbons (Fsp3) is 0.333. The van der Waals surface area contributed by atoms with E-state index in [9.17, 15) is 22.0 Å². The lowest BCUT2D eigenvalue weighted by molar-refractivity contribution is 0.384. The minimum atomic E-state index is -2.31. The summed E-state index contributed by atoms with van der Waals surface area (Å²) in [6.07, 6.45) is 0. The highest BCUT2D eigenvalue weighted by atomic mass is 31.2. The molecule has 0 fully saturated rings. The minimum Gasteiger partial charge on any atom is -0.200 e. The van der Waals surface area contributed by atoms with Gasteiger partial charge >= 0.3 is 0 Å². The Balaban J connectivity index is 3.68. The van der Waals surface area contributed by atoms with Crippen molar-refractivity contribution < 1.29 is 22.0 Å². The van der Waals surface area contributed by atoms with Gasteiger partial charge in [0.15, 0.2) is 5.30 Å². The summed E-state index contributed by atoms with van der Waals surface area (Å²) in [5, 5.41) is -0.682. The van der Waals surface area contributed by atoms with Crippen LogP contribution >= 0.6 is 7.26 Å². The van der Waals surface area contributed by atoms with Crippen LogP contribution in [-0.4, -0.2) is 20.0 Å². The van der Waals surface area contributed by atoms with Gasteiger partial charge < -0.3 is 0 Å². The van der Waals surface area contributed by atoms with E-state index in [1.54, 1.807) is 0 Å². The van der Waals surface area contributed by atoms with E-state index in [0.29, 0.717) is 0 Å². The van der Waals surface area contributed by atoms with E-state index in [1.807, 2.05) is 0 Å². The van der Waals surface area contributed by atoms with Crippen molar-refractivity contribution in [3.05, 3.63) is 29.1 Å². The van der Waals surface area contributed by atoms with E-state index in [4.69, 9.17) is 0 Å². The van der Waals surface area contributed by atoms with Gasteiger partial charge in [0.25, 0.3) is 0 Å². The molecule has 0 heterocycles. The van der Waals surface area contributed by atoms with Crippen LogP contribution in [0.4, 0.5) is 22.0 Å². The van der Waals surface area contributed by atoms with Crippen molar-refractivity contribution in [1.82, 2.24) is 0 Å². The molecule has 0 nitrogen and oxygen atoms in total. The maximum absolute atomic E-state index is 13.2. The van der Waals surface area contributed by atoms with Crippen LogP contribution in [0.1, 0.15) is 0 Å². The van der Waals surface area contributed by atoms with Gasteiger partial charge in [0.1, 0.15) is 0 Å². The Labute approximate surface area is 84.4 Å². The molecule has 1 aromatic carbocycles. The van der Waals surface area contributed by atoms with E-state index >= 15 is 0 Å². The van der Waals surface area contributed by atoms with E-state index in [0.717, 1.165) is 0 Å². The van der Waals surface area contributed by atoms with E-state index in [2.05, 4.69) is 0 Å². The third kappa shape index (κ3) is 1.98. The average Bonchev–Trinajstić information content (AvgIpc) is 2.09. The van der Waals surface area contributed by atoms with Gasteiger partial charge in [-0.3, -0.25) is 0 Å². The molecule has 15 heavy (non-hydrogen) atoms. The van der Waals surface area contributed by atoms with Crippen LogP contribution in [0, 0.1) is 29.1 Å². The summed E-state index contributed by atoms with van der Waals surface area (Å²) in [6.45, 7) is 4.43. The molecule has 0 unspecified atom stereocenters. The van der Waals surface area contributed by atoms with Crippen molar-refractivity contribution in [2.24, 2.45) is 0 Å². The van der Waals surface area contributed by atoms with Crippen LogP contribution in [0.25, 0.3) is 0 Å². The van der Waals surface area contributed by atoms with Crippen LogP contribution in [-0.2, 0) is 0 Å². The van der Waals surface area contributed by atoms with E-state index in [-0.39, 0.29) is 0 Å². The molecule has 6 heteroatoms. The van der Waals surface area contributed by atoms with E-state index in [1.165, 1.54) is 20.0 Å². The molecular weight excluding hydrogens is 234 g/mol. The molecule has 0 N–H and O–H groups in total. The molecule has 0 radical (unpaired) electrons. The summed E-state index contributed by atoms with van der Waals surface area (Å²) < 4.78 is 64.7. The second-order valence-corrected chi connectivity index (χ2v) is 8.40. The standard InChI is InChI=1S/C9H9F5P/c1-15(2,3)9-7(13)5(11)4(10)6(12)8(9)14/h1-3H3/q+1. The third-order valence-corrected chi connectivity index (χ3v) is 3.59. The predicted octanol–water partition coefficient (Wildman–Crippen LogP) is 2.91. The molecule has 0 saturated carbocycles. The fourth-order valence-electron chi connectivity index (χ4n) is 1.18. The molecule has 1 rings (SSSR count). The van der Waals surface area contributed by atoms with Crippen molar-refractivity contribution in [1.29, 1.82) is 0 Å². The minimum absolute atomic E-state index is 0.682. The first-order valence-corrected chi connectivity index (χ1v) is 7.14. The zero-order valence-corrected chi connectivity index (χ0v) is 9.23. The SMILES string of the molecule is C[P+](C)(C)c1c(F)c(F)c(F)c(F)c1F. The van der Waals surface area contributed by atoms with Crippen molar-refractivity contribution in [2.45, 2.75) is 0 Å². The normalized spacial score (nSPS) is 12.0. The van der Waals surface area contributed by atoms with Crippen molar-refractivity contribution >= 4 is 12.6 Å². The van der Waals surface area contributed by atoms with Gasteiger partial charge in [-0.05, 0) is 0 Å². The molecular formula is C9H9F5P+. The lowest BCUT2D eigenvalue weighted by atomic mass is 10.3. The lowest BCUT2D eigenvalue weighted by Gasteiger charge is -2.14. The Morgan fingerprint density at radius 2 is 0.867 bits per heavy atom. The predicted molar refractivity (Wildman–Crippen MR) is 50.6 cm³/mol. The van der Waals surface area contributed by atoms with Gasteiger partial charge in [0, 0.05) is 7.26 Å². The first kappa shape index (κ1) is 12.4. The zero-order chi connectivity index (χ0) is 12.0. The van der Waals surface area contributed by atoms with Gasteiger partial charge in [0.05, 0.1) is 20.0 Å². The lowest BCUT2D eigenvalue weighted by Crippen LogP contribution is -2.23. The van der Waals surface area contributed by atoms with Crippen LogP contribution in [0.3, 0.4) is 0 Å². The maximum atomic E-state index is 13.2. The number of hydrogen-bond acceptors (Lipinski definition) is 0. The smallest absolute Gasteiger partial charge is 0.200 e. The number of halogens is 5. The van der Waals surface area contributed by atoms with E-state index < -0.39 is 41.7 Å². The fourth-order valence-corrected chi connectivity index (χ4v) is 2.56. The van der Waals surface area contributed by atoms with Crippen LogP contribution in [0.5, 0.6) is 0 Å². The van der Waals surface area contributed by atoms with Gasteiger partial charge in [-0.15, -0.1) is 0 Å². The van der Waals surface area contributed by atoms with Crippen LogP contribution in [0.15, 0.2) is 0 Å². The van der Waals surface area contributed by atoms with Gasteiger partial charge in [-0.1, -0.05) is 0 Å². The summed E-state index contributed by atoms with van der Waals surface area (Å²) in [4.78, 5) is 0. The molecule has 84 valence electrons. The largest absolute Gasteiger partial charge is 0.206 e. The zero-order valence-electron chi connectivity index (χ0n) is 8.34. The quantitative estimate of drug-likeness (QED) is 0.308. The Bertz CT molecular complexity index is 379. The molecule has 0 amide bonds. The van der Waals surface area contributed by atoms with Crippen molar-refractivity contribution in [3.63, 3.8) is 0 Å². The summed E-state index contributed by atoms with van der Waals surface area (Å²) in [6, 6.07) is 0. The molecule has 0 atom stereocenters. The highest BCUT2D eigenvalue weighted by molar-refractivity contribution is 7.80. The van der Waals surface area contributed by atoms with Crippen LogP contribution < -0.4 is 5.30 Å². The maximum Gasteiger partial charge on any atom is 0.206 e. The summed E-state index contributed by atoms with van der Waals surface area (Å²) >= 11 is 0. The number of rotatable bonds is 1. The summed E-state index contributed by atoms with van der Waals surface area (Å²) in [5.41, 5.74) is 0. The molecule has 0 aliphatic rings. The first-order valence-electron chi connectivity index (χ1n) is 4.01. The molecule has 0 spiro atoms. The molecule has 0 aliphatic heterocycles. The summed E-state index contributed by atoms with van der Waals surface area (Å²) in [7, 11) is -2.31. The van der Waals surface area contributed by atoms with Gasteiger partial charge in [-0.2, -0.15) is 8.78 Å². The Hall–Kier alpha value is -0.700. The second kappa shape index (κ2) is 3.71. The Kier molecular flexibility index (Phi) is 3.06. The Morgan fingerprint density at radius 3 is 1.13 bits per heavy atom. The number of hydrogen-bond donors (Lipinski definition) is 0. The highest BCUT2D eigenvalue weighted by Crippen LogP contribution is 2.47. The van der Waals surface area contributed by atoms with Crippen LogP contribution in [0.2, 0.25) is 0 Å². The highest BCUT2D eigenvalue weighted by Gasteiger charge is 2.37. The van der Waals surface area contributed by atoms with Gasteiger partial charge in [-0.25, -0.2) is 13.2 Å².